The molecule has 0 aliphatic carbocycles. The molecule has 4 rings (SSSR count). The van der Waals surface area contributed by atoms with Gasteiger partial charge in [0.2, 0.25) is 5.91 Å². The van der Waals surface area contributed by atoms with E-state index >= 15 is 0 Å². The van der Waals surface area contributed by atoms with Crippen molar-refractivity contribution in [3.63, 3.8) is 0 Å². The summed E-state index contributed by atoms with van der Waals surface area (Å²) >= 11 is 0. The van der Waals surface area contributed by atoms with Gasteiger partial charge in [0.25, 0.3) is 0 Å². The summed E-state index contributed by atoms with van der Waals surface area (Å²) in [5.74, 6) is 2.63. The summed E-state index contributed by atoms with van der Waals surface area (Å²) in [7, 11) is 5.59. The van der Waals surface area contributed by atoms with Crippen LogP contribution < -0.4 is 10.1 Å². The molecule has 0 spiro atoms. The predicted molar refractivity (Wildman–Crippen MR) is 129 cm³/mol. The number of nitrogens with one attached hydrogen (secondary N) is 1. The second-order valence-electron chi connectivity index (χ2n) is 8.53. The van der Waals surface area contributed by atoms with Crippen molar-refractivity contribution in [1.29, 1.82) is 0 Å². The second-order valence-corrected chi connectivity index (χ2v) is 8.53. The molecule has 1 fully saturated rings. The molecule has 33 heavy (non-hydrogen) atoms. The minimum absolute atomic E-state index is 0.0713. The summed E-state index contributed by atoms with van der Waals surface area (Å²) in [6.07, 6.45) is 0.480. The molecule has 0 radical (unpaired) electrons. The Bertz CT molecular complexity index is 1070. The van der Waals surface area contributed by atoms with Gasteiger partial charge in [0.05, 0.1) is 19.3 Å². The fourth-order valence-electron chi connectivity index (χ4n) is 4.19. The van der Waals surface area contributed by atoms with E-state index in [1.807, 2.05) is 48.3 Å². The first-order chi connectivity index (χ1) is 16.0. The van der Waals surface area contributed by atoms with Crippen LogP contribution in [0.25, 0.3) is 0 Å². The van der Waals surface area contributed by atoms with Crippen LogP contribution in [0, 0.1) is 0 Å². The quantitative estimate of drug-likeness (QED) is 0.542. The van der Waals surface area contributed by atoms with E-state index in [4.69, 9.17) is 9.72 Å². The molecule has 0 saturated carbocycles. The normalized spacial score (nSPS) is 15.8. The van der Waals surface area contributed by atoms with E-state index < -0.39 is 0 Å². The summed E-state index contributed by atoms with van der Waals surface area (Å²) in [5.41, 5.74) is 3.26. The molecule has 0 unspecified atom stereocenters. The van der Waals surface area contributed by atoms with Crippen LogP contribution in [-0.2, 0) is 24.4 Å². The van der Waals surface area contributed by atoms with Gasteiger partial charge in [-0.25, -0.2) is 9.97 Å². The third kappa shape index (κ3) is 5.87. The van der Waals surface area contributed by atoms with E-state index in [0.29, 0.717) is 26.1 Å². The van der Waals surface area contributed by atoms with Gasteiger partial charge in [0, 0.05) is 45.1 Å². The monoisotopic (exact) mass is 445 g/mol. The number of anilines is 1. The number of nitrogens with zero attached hydrogens (tertiary/aromatic N) is 4. The number of benzene rings is 2. The Labute approximate surface area is 195 Å². The van der Waals surface area contributed by atoms with Gasteiger partial charge in [-0.1, -0.05) is 42.5 Å². The van der Waals surface area contributed by atoms with E-state index in [1.54, 1.807) is 7.11 Å². The van der Waals surface area contributed by atoms with Gasteiger partial charge in [-0.3, -0.25) is 9.69 Å². The minimum Gasteiger partial charge on any atom is -0.497 e. The fourth-order valence-corrected chi connectivity index (χ4v) is 4.19. The van der Waals surface area contributed by atoms with Gasteiger partial charge in [0.1, 0.15) is 17.4 Å². The molecule has 1 saturated heterocycles. The molecule has 3 aromatic rings. The largest absolute Gasteiger partial charge is 0.497 e. The van der Waals surface area contributed by atoms with Crippen LogP contribution in [0.5, 0.6) is 5.75 Å². The summed E-state index contributed by atoms with van der Waals surface area (Å²) in [6, 6.07) is 20.2. The Morgan fingerprint density at radius 1 is 1.06 bits per heavy atom. The number of likely N-dealkylation sites (tertiary alicyclic amines) is 1. The van der Waals surface area contributed by atoms with Gasteiger partial charge in [-0.05, 0) is 30.3 Å². The number of aromatic nitrogens is 2. The lowest BCUT2D eigenvalue weighted by Crippen LogP contribution is -2.24. The first kappa shape index (κ1) is 22.7. The van der Waals surface area contributed by atoms with Crippen molar-refractivity contribution in [2.24, 2.45) is 0 Å². The summed E-state index contributed by atoms with van der Waals surface area (Å²) in [5, 5.41) is 3.15. The fraction of sp³-hybridized carbons (Fsp3) is 0.346. The Kier molecular flexibility index (Phi) is 7.19. The molecule has 1 aliphatic rings. The number of amides is 1. The standard InChI is InChI=1S/C26H31N5O2/c1-27-24-14-23(21-13-26(32)31(17-21)16-19-7-5-4-6-8-19)28-25(29-24)18-30(2)15-20-9-11-22(33-3)12-10-20/h4-12,14,21H,13,15-18H2,1-3H3,(H,27,28,29)/t21-/m1/s1. The van der Waals surface area contributed by atoms with E-state index in [9.17, 15) is 4.79 Å². The van der Waals surface area contributed by atoms with Crippen molar-refractivity contribution in [2.75, 3.05) is 33.1 Å². The smallest absolute Gasteiger partial charge is 0.223 e. The van der Waals surface area contributed by atoms with Crippen LogP contribution in [0.4, 0.5) is 5.82 Å². The first-order valence-corrected chi connectivity index (χ1v) is 11.2. The average Bonchev–Trinajstić information content (AvgIpc) is 3.20. The van der Waals surface area contributed by atoms with Crippen LogP contribution in [-0.4, -0.2) is 53.4 Å². The topological polar surface area (TPSA) is 70.6 Å². The highest BCUT2D eigenvalue weighted by Gasteiger charge is 2.32. The number of carbonyl (C=O) groups is 1. The zero-order chi connectivity index (χ0) is 23.2. The Hall–Kier alpha value is -3.45. The van der Waals surface area contributed by atoms with Crippen LogP contribution in [0.2, 0.25) is 0 Å². The van der Waals surface area contributed by atoms with Gasteiger partial charge in [0.15, 0.2) is 0 Å². The SMILES string of the molecule is CNc1cc([C@@H]2CC(=O)N(Cc3ccccc3)C2)nc(CN(C)Cc2ccc(OC)cc2)n1. The van der Waals surface area contributed by atoms with Gasteiger partial charge in [-0.2, -0.15) is 0 Å². The third-order valence-electron chi connectivity index (χ3n) is 5.92. The lowest BCUT2D eigenvalue weighted by atomic mass is 10.0. The molecule has 1 atom stereocenters. The molecule has 1 aliphatic heterocycles. The maximum Gasteiger partial charge on any atom is 0.223 e. The highest BCUT2D eigenvalue weighted by molar-refractivity contribution is 5.79. The van der Waals surface area contributed by atoms with Crippen molar-refractivity contribution < 1.29 is 9.53 Å². The Morgan fingerprint density at radius 2 is 1.82 bits per heavy atom. The second kappa shape index (κ2) is 10.4. The van der Waals surface area contributed by atoms with Crippen LogP contribution in [0.3, 0.4) is 0 Å². The summed E-state index contributed by atoms with van der Waals surface area (Å²) in [4.78, 5) is 26.3. The zero-order valence-electron chi connectivity index (χ0n) is 19.5. The zero-order valence-corrected chi connectivity index (χ0v) is 19.5. The van der Waals surface area contributed by atoms with Crippen molar-refractivity contribution in [3.8, 4) is 5.75 Å². The van der Waals surface area contributed by atoms with Crippen LogP contribution >= 0.6 is 0 Å². The lowest BCUT2D eigenvalue weighted by molar-refractivity contribution is -0.128. The molecule has 2 heterocycles. The lowest BCUT2D eigenvalue weighted by Gasteiger charge is -2.19. The predicted octanol–water partition coefficient (Wildman–Crippen LogP) is 3.68. The van der Waals surface area contributed by atoms with Crippen molar-refractivity contribution in [2.45, 2.75) is 32.0 Å². The molecular weight excluding hydrogens is 414 g/mol. The van der Waals surface area contributed by atoms with Crippen molar-refractivity contribution in [3.05, 3.63) is 83.3 Å². The van der Waals surface area contributed by atoms with Crippen molar-refractivity contribution >= 4 is 11.7 Å². The van der Waals surface area contributed by atoms with Crippen LogP contribution in [0.15, 0.2) is 60.7 Å². The summed E-state index contributed by atoms with van der Waals surface area (Å²) < 4.78 is 5.24. The molecular formula is C26H31N5O2. The van der Waals surface area contributed by atoms with Gasteiger partial charge < -0.3 is 15.0 Å². The number of methoxy groups -OCH3 is 1. The molecule has 1 amide bonds. The highest BCUT2D eigenvalue weighted by atomic mass is 16.5. The van der Waals surface area contributed by atoms with E-state index in [0.717, 1.165) is 35.2 Å². The Morgan fingerprint density at radius 3 is 2.52 bits per heavy atom. The minimum atomic E-state index is 0.0713. The average molecular weight is 446 g/mol. The molecule has 2 aromatic carbocycles. The maximum atomic E-state index is 12.7. The molecule has 1 N–H and O–H groups in total. The van der Waals surface area contributed by atoms with E-state index in [1.165, 1.54) is 5.56 Å². The molecule has 1 aromatic heterocycles. The maximum absolute atomic E-state index is 12.7. The Balaban J connectivity index is 1.44. The number of rotatable bonds is 9. The van der Waals surface area contributed by atoms with Crippen LogP contribution in [0.1, 0.15) is 35.0 Å². The van der Waals surface area contributed by atoms with E-state index in [-0.39, 0.29) is 11.8 Å². The van der Waals surface area contributed by atoms with Gasteiger partial charge >= 0.3 is 0 Å². The molecule has 172 valence electrons. The number of ether oxygens (including phenoxy) is 1. The summed E-state index contributed by atoms with van der Waals surface area (Å²) in [6.45, 7) is 2.70. The van der Waals surface area contributed by atoms with Gasteiger partial charge in [-0.15, -0.1) is 0 Å². The number of carbonyl (C=O) groups excluding carboxylic acids is 1. The number of hydrogen-bond acceptors (Lipinski definition) is 6. The third-order valence-corrected chi connectivity index (χ3v) is 5.92. The van der Waals surface area contributed by atoms with E-state index in [2.05, 4.69) is 46.5 Å². The highest BCUT2D eigenvalue weighted by Crippen LogP contribution is 2.29. The molecule has 7 nitrogen and oxygen atoms in total. The molecule has 7 heteroatoms. The molecule has 0 bridgehead atoms. The number of hydrogen-bond donors (Lipinski definition) is 1. The first-order valence-electron chi connectivity index (χ1n) is 11.2. The van der Waals surface area contributed by atoms with Crippen molar-refractivity contribution in [1.82, 2.24) is 19.8 Å².